The van der Waals surface area contributed by atoms with Crippen LogP contribution in [0.15, 0.2) is 59.2 Å². The Balaban J connectivity index is 2.29. The molecule has 0 aliphatic carbocycles. The molecule has 0 amide bonds. The molecule has 0 spiro atoms. The average molecular weight is 309 g/mol. The van der Waals surface area contributed by atoms with Gasteiger partial charge in [0.25, 0.3) is 0 Å². The second-order valence-electron chi connectivity index (χ2n) is 4.96. The fraction of sp³-hybridized carbons (Fsp3) is 0.158. The van der Waals surface area contributed by atoms with Gasteiger partial charge in [0.1, 0.15) is 11.4 Å². The van der Waals surface area contributed by atoms with Gasteiger partial charge in [-0.3, -0.25) is 0 Å². The first kappa shape index (κ1) is 16.5. The third-order valence-electron chi connectivity index (χ3n) is 3.22. The molecule has 2 aromatic carbocycles. The summed E-state index contributed by atoms with van der Waals surface area (Å²) in [5.41, 5.74) is 2.57. The molecule has 0 fully saturated rings. The molecule has 23 heavy (non-hydrogen) atoms. The minimum absolute atomic E-state index is 0.0129. The lowest BCUT2D eigenvalue weighted by molar-refractivity contribution is -0.132. The Morgan fingerprint density at radius 2 is 1.96 bits per heavy atom. The minimum atomic E-state index is -1.06. The van der Waals surface area contributed by atoms with Gasteiger partial charge in [0.05, 0.1) is 6.61 Å². The van der Waals surface area contributed by atoms with Crippen LogP contribution in [0.4, 0.5) is 0 Å². The monoisotopic (exact) mass is 309 g/mol. The molecule has 0 saturated heterocycles. The van der Waals surface area contributed by atoms with Gasteiger partial charge in [0.2, 0.25) is 0 Å². The number of benzene rings is 2. The maximum absolute atomic E-state index is 11.4. The van der Waals surface area contributed by atoms with Crippen molar-refractivity contribution in [3.8, 4) is 5.75 Å². The highest BCUT2D eigenvalue weighted by atomic mass is 16.5. The van der Waals surface area contributed by atoms with Crippen molar-refractivity contribution in [3.63, 3.8) is 0 Å². The normalized spacial score (nSPS) is 11.7. The van der Waals surface area contributed by atoms with Gasteiger partial charge in [0, 0.05) is 6.21 Å². The van der Waals surface area contributed by atoms with Gasteiger partial charge in [-0.2, -0.15) is 0 Å². The van der Waals surface area contributed by atoms with E-state index in [1.165, 1.54) is 0 Å². The van der Waals surface area contributed by atoms with E-state index in [1.807, 2.05) is 62.4 Å². The number of rotatable bonds is 6. The molecule has 0 aliphatic rings. The van der Waals surface area contributed by atoms with Gasteiger partial charge in [-0.15, -0.1) is 0 Å². The molecule has 2 aromatic rings. The maximum atomic E-state index is 11.4. The molecule has 1 N–H and O–H groups in total. The van der Waals surface area contributed by atoms with Crippen molar-refractivity contribution in [2.45, 2.75) is 13.8 Å². The summed E-state index contributed by atoms with van der Waals surface area (Å²) in [5, 5.41) is 9.34. The molecule has 118 valence electrons. The van der Waals surface area contributed by atoms with Crippen molar-refractivity contribution in [1.29, 1.82) is 0 Å². The van der Waals surface area contributed by atoms with E-state index in [9.17, 15) is 9.90 Å². The van der Waals surface area contributed by atoms with Crippen molar-refractivity contribution in [3.05, 3.63) is 70.9 Å². The molecule has 0 bridgehead atoms. The number of aliphatic imine (C=N–C) groups is 1. The first-order valence-electron chi connectivity index (χ1n) is 7.37. The molecule has 0 aliphatic heterocycles. The predicted molar refractivity (Wildman–Crippen MR) is 92.0 cm³/mol. The van der Waals surface area contributed by atoms with Gasteiger partial charge < -0.3 is 9.84 Å². The van der Waals surface area contributed by atoms with Crippen molar-refractivity contribution >= 4 is 18.3 Å². The summed E-state index contributed by atoms with van der Waals surface area (Å²) in [6.45, 7) is 4.43. The van der Waals surface area contributed by atoms with Crippen LogP contribution in [0.1, 0.15) is 23.6 Å². The molecule has 4 heteroatoms. The van der Waals surface area contributed by atoms with Crippen LogP contribution in [0.3, 0.4) is 0 Å². The van der Waals surface area contributed by atoms with Crippen molar-refractivity contribution in [1.82, 2.24) is 0 Å². The van der Waals surface area contributed by atoms with Crippen LogP contribution >= 0.6 is 0 Å². The first-order chi connectivity index (χ1) is 11.1. The van der Waals surface area contributed by atoms with Crippen LogP contribution in [-0.2, 0) is 4.79 Å². The Morgan fingerprint density at radius 1 is 1.22 bits per heavy atom. The molecular weight excluding hydrogens is 290 g/mol. The molecule has 0 radical (unpaired) electrons. The van der Waals surface area contributed by atoms with Crippen LogP contribution in [0, 0.1) is 6.92 Å². The maximum Gasteiger partial charge on any atom is 0.354 e. The largest absolute Gasteiger partial charge is 0.494 e. The fourth-order valence-electron chi connectivity index (χ4n) is 2.05. The average Bonchev–Trinajstić information content (AvgIpc) is 2.54. The zero-order chi connectivity index (χ0) is 16.7. The molecule has 0 heterocycles. The van der Waals surface area contributed by atoms with Crippen LogP contribution < -0.4 is 4.74 Å². The summed E-state index contributed by atoms with van der Waals surface area (Å²) >= 11 is 0. The predicted octanol–water partition coefficient (Wildman–Crippen LogP) is 3.94. The summed E-state index contributed by atoms with van der Waals surface area (Å²) in [7, 11) is 0. The summed E-state index contributed by atoms with van der Waals surface area (Å²) in [5.74, 6) is -0.294. The van der Waals surface area contributed by atoms with E-state index < -0.39 is 5.97 Å². The lowest BCUT2D eigenvalue weighted by Gasteiger charge is -2.06. The first-order valence-corrected chi connectivity index (χ1v) is 7.37. The lowest BCUT2D eigenvalue weighted by atomic mass is 10.1. The topological polar surface area (TPSA) is 58.9 Å². The number of carbonyl (C=O) groups is 1. The summed E-state index contributed by atoms with van der Waals surface area (Å²) in [6.07, 6.45) is 3.11. The van der Waals surface area contributed by atoms with E-state index in [0.717, 1.165) is 22.4 Å². The third-order valence-corrected chi connectivity index (χ3v) is 3.22. The number of nitrogens with zero attached hydrogens (tertiary/aromatic N) is 1. The molecule has 4 nitrogen and oxygen atoms in total. The molecular formula is C19H19NO3. The summed E-state index contributed by atoms with van der Waals surface area (Å²) < 4.78 is 5.43. The zero-order valence-electron chi connectivity index (χ0n) is 13.2. The zero-order valence-corrected chi connectivity index (χ0v) is 13.2. The Kier molecular flexibility index (Phi) is 5.69. The van der Waals surface area contributed by atoms with Gasteiger partial charge in [-0.1, -0.05) is 36.4 Å². The Morgan fingerprint density at radius 3 is 2.57 bits per heavy atom. The van der Waals surface area contributed by atoms with Crippen LogP contribution in [0.25, 0.3) is 6.08 Å². The summed E-state index contributed by atoms with van der Waals surface area (Å²) in [4.78, 5) is 15.5. The van der Waals surface area contributed by atoms with E-state index in [1.54, 1.807) is 12.3 Å². The van der Waals surface area contributed by atoms with Crippen LogP contribution in [0.2, 0.25) is 0 Å². The molecule has 0 unspecified atom stereocenters. The number of hydrogen-bond donors (Lipinski definition) is 1. The minimum Gasteiger partial charge on any atom is -0.494 e. The number of aryl methyl sites for hydroxylation is 1. The number of ether oxygens (including phenoxy) is 1. The number of hydrogen-bond acceptors (Lipinski definition) is 3. The van der Waals surface area contributed by atoms with E-state index in [0.29, 0.717) is 6.61 Å². The van der Waals surface area contributed by atoms with Gasteiger partial charge in [-0.05, 0) is 48.7 Å². The third kappa shape index (κ3) is 4.81. The standard InChI is InChI=1S/C19H19NO3/c1-3-23-17-10-9-16(14(2)11-17)12-18(19(21)22)20-13-15-7-5-4-6-8-15/h4-13H,3H2,1-2H3,(H,21,22). The SMILES string of the molecule is CCOc1ccc(C=C(N=Cc2ccccc2)C(=O)O)c(C)c1. The molecule has 0 aromatic heterocycles. The summed E-state index contributed by atoms with van der Waals surface area (Å²) in [6, 6.07) is 14.9. The van der Waals surface area contributed by atoms with E-state index >= 15 is 0 Å². The van der Waals surface area contributed by atoms with Gasteiger partial charge >= 0.3 is 5.97 Å². The smallest absolute Gasteiger partial charge is 0.354 e. The number of aliphatic carboxylic acids is 1. The second kappa shape index (κ2) is 7.94. The van der Waals surface area contributed by atoms with Crippen LogP contribution in [0.5, 0.6) is 5.75 Å². The number of carboxylic acids is 1. The lowest BCUT2D eigenvalue weighted by Crippen LogP contribution is -1.99. The molecule has 2 rings (SSSR count). The van der Waals surface area contributed by atoms with Crippen molar-refractivity contribution < 1.29 is 14.6 Å². The van der Waals surface area contributed by atoms with E-state index in [4.69, 9.17) is 4.74 Å². The van der Waals surface area contributed by atoms with E-state index in [-0.39, 0.29) is 5.70 Å². The molecule has 0 atom stereocenters. The molecule has 0 saturated carbocycles. The highest BCUT2D eigenvalue weighted by molar-refractivity contribution is 5.95. The Labute approximate surface area is 135 Å². The number of carboxylic acid groups (broad SMARTS) is 1. The highest BCUT2D eigenvalue weighted by Gasteiger charge is 2.07. The quantitative estimate of drug-likeness (QED) is 0.649. The Bertz CT molecular complexity index is 734. The van der Waals surface area contributed by atoms with Crippen molar-refractivity contribution in [2.75, 3.05) is 6.61 Å². The van der Waals surface area contributed by atoms with E-state index in [2.05, 4.69) is 4.99 Å². The fourth-order valence-corrected chi connectivity index (χ4v) is 2.05. The highest BCUT2D eigenvalue weighted by Crippen LogP contribution is 2.20. The second-order valence-corrected chi connectivity index (χ2v) is 4.96. The van der Waals surface area contributed by atoms with Crippen LogP contribution in [-0.4, -0.2) is 23.9 Å². The van der Waals surface area contributed by atoms with Gasteiger partial charge in [-0.25, -0.2) is 9.79 Å². The Hall–Kier alpha value is -2.88. The van der Waals surface area contributed by atoms with Crippen molar-refractivity contribution in [2.24, 2.45) is 4.99 Å². The van der Waals surface area contributed by atoms with Gasteiger partial charge in [0.15, 0.2) is 0 Å².